The lowest BCUT2D eigenvalue weighted by Gasteiger charge is -2.39. The quantitative estimate of drug-likeness (QED) is 0.566. The van der Waals surface area contributed by atoms with Crippen molar-refractivity contribution in [2.45, 2.75) is 58.0 Å². The molecule has 1 aromatic carbocycles. The van der Waals surface area contributed by atoms with Gasteiger partial charge < -0.3 is 15.0 Å². The Morgan fingerprint density at radius 3 is 2.49 bits per heavy atom. The van der Waals surface area contributed by atoms with Crippen molar-refractivity contribution < 1.29 is 17.9 Å². The standard InChI is InChI=1S/C24H36N6O4S/c1-6-9-21-25-17(4)22-23(31)26-24(5,27-30(21)22)19-16-18(10-11-20(19)34-8-3)35(32,33)29-14-12-28(7-2)13-15-29/h10-11,16,27H,6-9,12-15H2,1-5H3,(H,26,31). The van der Waals surface area contributed by atoms with E-state index in [0.717, 1.165) is 18.8 Å². The molecule has 2 N–H and O–H groups in total. The van der Waals surface area contributed by atoms with Crippen LogP contribution in [0.4, 0.5) is 0 Å². The number of amides is 1. The predicted octanol–water partition coefficient (Wildman–Crippen LogP) is 2.03. The van der Waals surface area contributed by atoms with Crippen molar-refractivity contribution in [1.29, 1.82) is 0 Å². The summed E-state index contributed by atoms with van der Waals surface area (Å²) in [4.78, 5) is 20.2. The Balaban J connectivity index is 1.75. The minimum absolute atomic E-state index is 0.180. The van der Waals surface area contributed by atoms with Crippen LogP contribution in [0.2, 0.25) is 0 Å². The Morgan fingerprint density at radius 2 is 1.86 bits per heavy atom. The number of aromatic nitrogens is 2. The number of ether oxygens (including phenoxy) is 1. The van der Waals surface area contributed by atoms with Gasteiger partial charge in [0.2, 0.25) is 10.0 Å². The fourth-order valence-corrected chi connectivity index (χ4v) is 6.26. The number of hydrogen-bond donors (Lipinski definition) is 2. The average Bonchev–Trinajstić information content (AvgIpc) is 3.14. The fourth-order valence-electron chi connectivity index (χ4n) is 4.81. The number of nitrogens with zero attached hydrogens (tertiary/aromatic N) is 4. The van der Waals surface area contributed by atoms with Crippen LogP contribution in [0.15, 0.2) is 23.1 Å². The number of benzene rings is 1. The first-order valence-corrected chi connectivity index (χ1v) is 13.8. The molecule has 2 aromatic rings. The van der Waals surface area contributed by atoms with Crippen molar-refractivity contribution in [2.75, 3.05) is 44.8 Å². The van der Waals surface area contributed by atoms with E-state index in [1.54, 1.807) is 22.9 Å². The molecule has 1 aromatic heterocycles. The van der Waals surface area contributed by atoms with Crippen molar-refractivity contribution in [2.24, 2.45) is 0 Å². The smallest absolute Gasteiger partial charge is 0.273 e. The van der Waals surface area contributed by atoms with Crippen molar-refractivity contribution in [1.82, 2.24) is 24.2 Å². The fraction of sp³-hybridized carbons (Fsp3) is 0.583. The van der Waals surface area contributed by atoms with Crippen molar-refractivity contribution in [3.63, 3.8) is 0 Å². The van der Waals surface area contributed by atoms with Gasteiger partial charge in [0.1, 0.15) is 11.6 Å². The first-order valence-electron chi connectivity index (χ1n) is 12.3. The maximum absolute atomic E-state index is 13.5. The summed E-state index contributed by atoms with van der Waals surface area (Å²) in [6.45, 7) is 13.2. The van der Waals surface area contributed by atoms with Crippen LogP contribution in [0, 0.1) is 6.92 Å². The second-order valence-electron chi connectivity index (χ2n) is 9.17. The number of nitrogens with one attached hydrogen (secondary N) is 2. The molecule has 3 heterocycles. The summed E-state index contributed by atoms with van der Waals surface area (Å²) in [5, 5.41) is 3.03. The number of carbonyl (C=O) groups is 1. The maximum Gasteiger partial charge on any atom is 0.273 e. The van der Waals surface area contributed by atoms with Gasteiger partial charge in [-0.05, 0) is 51.9 Å². The molecule has 11 heteroatoms. The third-order valence-corrected chi connectivity index (χ3v) is 8.61. The van der Waals surface area contributed by atoms with Crippen molar-refractivity contribution in [3.8, 4) is 5.75 Å². The molecule has 2 aliphatic heterocycles. The van der Waals surface area contributed by atoms with Gasteiger partial charge in [-0.3, -0.25) is 10.2 Å². The lowest BCUT2D eigenvalue weighted by molar-refractivity contribution is 0.0873. The van der Waals surface area contributed by atoms with Crippen LogP contribution in [-0.4, -0.2) is 72.5 Å². The van der Waals surface area contributed by atoms with Gasteiger partial charge in [-0.1, -0.05) is 13.8 Å². The van der Waals surface area contributed by atoms with Crippen LogP contribution in [0.1, 0.15) is 61.7 Å². The van der Waals surface area contributed by atoms with E-state index in [4.69, 9.17) is 4.74 Å². The van der Waals surface area contributed by atoms with E-state index in [-0.39, 0.29) is 10.8 Å². The Morgan fingerprint density at radius 1 is 1.14 bits per heavy atom. The summed E-state index contributed by atoms with van der Waals surface area (Å²) in [6, 6.07) is 4.88. The van der Waals surface area contributed by atoms with Gasteiger partial charge in [-0.2, -0.15) is 4.31 Å². The van der Waals surface area contributed by atoms with Gasteiger partial charge in [-0.25, -0.2) is 18.1 Å². The molecular formula is C24H36N6O4S. The molecule has 0 radical (unpaired) electrons. The minimum atomic E-state index is -3.71. The number of likely N-dealkylation sites (N-methyl/N-ethyl adjacent to an activating group) is 1. The second kappa shape index (κ2) is 9.79. The van der Waals surface area contributed by atoms with Crippen molar-refractivity contribution >= 4 is 15.9 Å². The Bertz CT molecular complexity index is 1200. The van der Waals surface area contributed by atoms with E-state index in [0.29, 0.717) is 61.9 Å². The first-order chi connectivity index (χ1) is 16.6. The monoisotopic (exact) mass is 504 g/mol. The SMILES string of the molecule is CCCc1nc(C)c2n1NC(C)(c1cc(S(=O)(=O)N3CCN(CC)CC3)ccc1OCC)NC2=O. The largest absolute Gasteiger partial charge is 0.493 e. The van der Waals surface area contributed by atoms with Crippen LogP contribution in [0.5, 0.6) is 5.75 Å². The van der Waals surface area contributed by atoms with Gasteiger partial charge >= 0.3 is 0 Å². The molecule has 1 atom stereocenters. The first kappa shape index (κ1) is 25.5. The molecule has 1 fully saturated rings. The predicted molar refractivity (Wildman–Crippen MR) is 134 cm³/mol. The lowest BCUT2D eigenvalue weighted by Crippen LogP contribution is -2.58. The number of fused-ring (bicyclic) bond motifs is 1. The van der Waals surface area contributed by atoms with E-state index in [1.807, 2.05) is 20.8 Å². The number of aryl methyl sites for hydroxylation is 2. The van der Waals surface area contributed by atoms with Crippen LogP contribution < -0.4 is 15.5 Å². The highest BCUT2D eigenvalue weighted by Crippen LogP contribution is 2.35. The van der Waals surface area contributed by atoms with Crippen LogP contribution in [0.25, 0.3) is 0 Å². The molecular weight excluding hydrogens is 468 g/mol. The number of piperazine rings is 1. The van der Waals surface area contributed by atoms with Crippen molar-refractivity contribution in [3.05, 3.63) is 41.0 Å². The zero-order chi connectivity index (χ0) is 25.4. The molecule has 1 amide bonds. The normalized spacial score (nSPS) is 21.3. The van der Waals surface area contributed by atoms with Gasteiger partial charge in [0.05, 0.1) is 17.2 Å². The minimum Gasteiger partial charge on any atom is -0.493 e. The topological polar surface area (TPSA) is 109 Å². The summed E-state index contributed by atoms with van der Waals surface area (Å²) in [6.07, 6.45) is 1.58. The van der Waals surface area contributed by atoms with E-state index in [2.05, 4.69) is 34.5 Å². The molecule has 192 valence electrons. The summed E-state index contributed by atoms with van der Waals surface area (Å²) in [5.74, 6) is 0.997. The molecule has 1 unspecified atom stereocenters. The third kappa shape index (κ3) is 4.64. The van der Waals surface area contributed by atoms with Gasteiger partial charge in [0.15, 0.2) is 11.4 Å². The Hall–Kier alpha value is -2.63. The molecule has 4 rings (SSSR count). The summed E-state index contributed by atoms with van der Waals surface area (Å²) in [5.41, 5.74) is 3.93. The third-order valence-electron chi connectivity index (χ3n) is 6.71. The molecule has 0 saturated carbocycles. The summed E-state index contributed by atoms with van der Waals surface area (Å²) < 4.78 is 36.2. The molecule has 0 spiro atoms. The summed E-state index contributed by atoms with van der Waals surface area (Å²) in [7, 11) is -3.71. The van der Waals surface area contributed by atoms with Crippen LogP contribution in [-0.2, 0) is 22.1 Å². The number of carbonyl (C=O) groups excluding carboxylic acids is 1. The lowest BCUT2D eigenvalue weighted by atomic mass is 9.99. The maximum atomic E-state index is 13.5. The molecule has 0 bridgehead atoms. The zero-order valence-electron chi connectivity index (χ0n) is 21.2. The summed E-state index contributed by atoms with van der Waals surface area (Å²) >= 11 is 0. The van der Waals surface area contributed by atoms with E-state index in [1.165, 1.54) is 4.31 Å². The average molecular weight is 505 g/mol. The Labute approximate surface area is 207 Å². The molecule has 2 aliphatic rings. The van der Waals surface area contributed by atoms with E-state index in [9.17, 15) is 13.2 Å². The number of hydrogen-bond acceptors (Lipinski definition) is 7. The Kier molecular flexibility index (Phi) is 7.12. The van der Waals surface area contributed by atoms with Gasteiger partial charge in [0, 0.05) is 38.2 Å². The highest BCUT2D eigenvalue weighted by atomic mass is 32.2. The number of sulfonamides is 1. The molecule has 1 saturated heterocycles. The zero-order valence-corrected chi connectivity index (χ0v) is 22.0. The molecule has 0 aliphatic carbocycles. The second-order valence-corrected chi connectivity index (χ2v) is 11.1. The van der Waals surface area contributed by atoms with Gasteiger partial charge in [0.25, 0.3) is 5.91 Å². The van der Waals surface area contributed by atoms with Crippen LogP contribution >= 0.6 is 0 Å². The van der Waals surface area contributed by atoms with E-state index < -0.39 is 15.7 Å². The highest BCUT2D eigenvalue weighted by molar-refractivity contribution is 7.89. The molecule has 10 nitrogen and oxygen atoms in total. The molecule has 35 heavy (non-hydrogen) atoms. The number of rotatable bonds is 8. The number of imidazole rings is 1. The van der Waals surface area contributed by atoms with Crippen LogP contribution in [0.3, 0.4) is 0 Å². The highest BCUT2D eigenvalue weighted by Gasteiger charge is 2.41. The van der Waals surface area contributed by atoms with Gasteiger partial charge in [-0.15, -0.1) is 0 Å². The van der Waals surface area contributed by atoms with E-state index >= 15 is 0 Å².